The zero-order valence-corrected chi connectivity index (χ0v) is 48.2. The molecule has 396 valence electrons. The number of aromatic nitrogens is 3. The van der Waals surface area contributed by atoms with Crippen LogP contribution in [-0.4, -0.2) is 118 Å². The van der Waals surface area contributed by atoms with Crippen LogP contribution in [0.5, 0.6) is 0 Å². The van der Waals surface area contributed by atoms with Crippen molar-refractivity contribution in [2.75, 3.05) is 47.1 Å². The number of fused-ring (bicyclic) bond motifs is 6. The predicted octanol–water partition coefficient (Wildman–Crippen LogP) is 7.92. The first-order valence-electron chi connectivity index (χ1n) is 23.5. The predicted molar refractivity (Wildman–Crippen MR) is 310 cm³/mol. The molecular formula is C51H74N8O7S6. The Labute approximate surface area is 463 Å². The first kappa shape index (κ1) is 62.4. The Hall–Kier alpha value is -3.93. The third kappa shape index (κ3) is 13.3. The molecule has 3 aliphatic heterocycles. The minimum atomic E-state index is -1.07. The average Bonchev–Trinajstić information content (AvgIpc) is 3.93. The summed E-state index contributed by atoms with van der Waals surface area (Å²) in [7, 11) is 3.33. The van der Waals surface area contributed by atoms with Gasteiger partial charge in [-0.3, -0.25) is 24.4 Å². The quantitative estimate of drug-likeness (QED) is 0.139. The number of nitrogens with one attached hydrogen (secondary N) is 2. The molecule has 2 saturated heterocycles. The summed E-state index contributed by atoms with van der Waals surface area (Å²) in [6.07, 6.45) is 3.23. The Bertz CT molecular complexity index is 2620. The van der Waals surface area contributed by atoms with E-state index in [2.05, 4.69) is 60.3 Å². The van der Waals surface area contributed by atoms with E-state index in [9.17, 15) is 19.2 Å². The molecule has 6 bridgehead atoms. The first-order chi connectivity index (χ1) is 32.2. The molecule has 72 heavy (non-hydrogen) atoms. The number of morpholine rings is 1. The molecule has 15 nitrogen and oxygen atoms in total. The molecule has 21 heteroatoms. The van der Waals surface area contributed by atoms with Gasteiger partial charge in [-0.25, -0.2) is 15.2 Å². The minimum Gasteiger partial charge on any atom is -0.464 e. The van der Waals surface area contributed by atoms with Crippen LogP contribution in [0, 0.1) is 11.3 Å². The Balaban J connectivity index is 0.00000274. The largest absolute Gasteiger partial charge is 0.464 e. The number of carbonyl (C=O) groups excluding carboxylic acids is 4. The number of esters is 1. The SMILES string of the molecule is CCn1c(-c2cccnc2[C@H](C)OC)c2c3cc(ccc31)-c1csc(n1)C[C@H](NC(=O)[C@H](C(C)C)N(C)C(=O)N1CCOC[C@@H]1c1ccccc1)C(=O)N1CCC[C@H](N1)C(=O)OCC(C)(C)C2.S.S.S.S.S. The monoisotopic (exact) mass is 1100 g/mol. The molecule has 2 fully saturated rings. The number of pyridine rings is 1. The molecule has 6 heterocycles. The lowest BCUT2D eigenvalue weighted by Gasteiger charge is -2.41. The number of aryl methyl sites for hydroxylation is 1. The number of methoxy groups -OCH3 is 1. The highest BCUT2D eigenvalue weighted by molar-refractivity contribution is 7.60. The van der Waals surface area contributed by atoms with Gasteiger partial charge in [0.05, 0.1) is 54.1 Å². The first-order valence-corrected chi connectivity index (χ1v) is 24.4. The average molecular weight is 1100 g/mol. The minimum absolute atomic E-state index is 0. The van der Waals surface area contributed by atoms with Gasteiger partial charge in [-0.1, -0.05) is 64.1 Å². The van der Waals surface area contributed by atoms with Gasteiger partial charge in [-0.15, -0.1) is 11.3 Å². The van der Waals surface area contributed by atoms with Gasteiger partial charge in [0.15, 0.2) is 0 Å². The summed E-state index contributed by atoms with van der Waals surface area (Å²) in [6.45, 7) is 14.4. The van der Waals surface area contributed by atoms with Gasteiger partial charge in [0.2, 0.25) is 5.91 Å². The Morgan fingerprint density at radius 2 is 1.75 bits per heavy atom. The van der Waals surface area contributed by atoms with E-state index in [0.29, 0.717) is 57.1 Å². The van der Waals surface area contributed by atoms with Crippen LogP contribution in [0.1, 0.15) is 88.4 Å². The number of hydrogen-bond donors (Lipinski definition) is 2. The third-order valence-electron chi connectivity index (χ3n) is 13.3. The summed E-state index contributed by atoms with van der Waals surface area (Å²) in [5.41, 5.74) is 10.3. The second-order valence-corrected chi connectivity index (χ2v) is 20.0. The fourth-order valence-electron chi connectivity index (χ4n) is 9.85. The van der Waals surface area contributed by atoms with E-state index in [1.165, 1.54) is 21.2 Å². The highest BCUT2D eigenvalue weighted by atomic mass is 32.1. The second kappa shape index (κ2) is 27.0. The zero-order valence-electron chi connectivity index (χ0n) is 42.4. The molecule has 5 aromatic rings. The van der Waals surface area contributed by atoms with Crippen LogP contribution >= 0.6 is 78.8 Å². The van der Waals surface area contributed by atoms with Crippen LogP contribution in [0.25, 0.3) is 33.4 Å². The fraction of sp³-hybridized carbons (Fsp3) is 0.490. The molecule has 0 saturated carbocycles. The van der Waals surface area contributed by atoms with Crippen LogP contribution in [0.2, 0.25) is 0 Å². The molecule has 0 unspecified atom stereocenters. The number of thiazole rings is 1. The van der Waals surface area contributed by atoms with Gasteiger partial charge >= 0.3 is 12.0 Å². The van der Waals surface area contributed by atoms with Crippen molar-refractivity contribution >= 4 is 114 Å². The van der Waals surface area contributed by atoms with Crippen molar-refractivity contribution in [3.63, 3.8) is 0 Å². The maximum Gasteiger partial charge on any atom is 0.324 e. The summed E-state index contributed by atoms with van der Waals surface area (Å²) >= 11 is 1.42. The van der Waals surface area contributed by atoms with Crippen LogP contribution in [-0.2, 0) is 48.0 Å². The van der Waals surface area contributed by atoms with Crippen molar-refractivity contribution in [3.8, 4) is 22.5 Å². The smallest absolute Gasteiger partial charge is 0.324 e. The molecule has 0 spiro atoms. The maximum atomic E-state index is 14.7. The number of benzene rings is 2. The second-order valence-electron chi connectivity index (χ2n) is 19.0. The fourth-order valence-corrected chi connectivity index (χ4v) is 10.7. The molecule has 2 N–H and O–H groups in total. The lowest BCUT2D eigenvalue weighted by Crippen LogP contribution is -2.62. The number of urea groups is 1. The van der Waals surface area contributed by atoms with Crippen molar-refractivity contribution < 1.29 is 33.4 Å². The van der Waals surface area contributed by atoms with Crippen LogP contribution in [0.15, 0.2) is 72.2 Å². The molecule has 0 radical (unpaired) electrons. The molecule has 0 aliphatic carbocycles. The molecular weight excluding hydrogens is 1030 g/mol. The van der Waals surface area contributed by atoms with E-state index in [0.717, 1.165) is 50.2 Å². The van der Waals surface area contributed by atoms with Crippen LogP contribution in [0.4, 0.5) is 4.79 Å². The lowest BCUT2D eigenvalue weighted by molar-refractivity contribution is -0.155. The summed E-state index contributed by atoms with van der Waals surface area (Å²) in [5.74, 6) is -1.63. The topological polar surface area (TPSA) is 160 Å². The Morgan fingerprint density at radius 3 is 2.44 bits per heavy atom. The number of ether oxygens (including phenoxy) is 3. The van der Waals surface area contributed by atoms with E-state index < -0.39 is 41.3 Å². The van der Waals surface area contributed by atoms with E-state index >= 15 is 0 Å². The highest BCUT2D eigenvalue weighted by Gasteiger charge is 2.40. The number of hydrogen-bond acceptors (Lipinski definition) is 11. The Kier molecular flexibility index (Phi) is 23.4. The van der Waals surface area contributed by atoms with Crippen molar-refractivity contribution in [2.45, 2.75) is 104 Å². The maximum absolute atomic E-state index is 14.7. The van der Waals surface area contributed by atoms with Gasteiger partial charge in [-0.2, -0.15) is 67.5 Å². The number of likely N-dealkylation sites (N-methyl/N-ethyl adjacent to an activating group) is 1. The molecule has 4 amide bonds. The van der Waals surface area contributed by atoms with E-state index in [-0.39, 0.29) is 105 Å². The van der Waals surface area contributed by atoms with Crippen molar-refractivity contribution in [2.24, 2.45) is 11.3 Å². The van der Waals surface area contributed by atoms with Crippen LogP contribution in [0.3, 0.4) is 0 Å². The lowest BCUT2D eigenvalue weighted by atomic mass is 9.84. The van der Waals surface area contributed by atoms with Gasteiger partial charge in [0.25, 0.3) is 5.91 Å². The van der Waals surface area contributed by atoms with E-state index in [4.69, 9.17) is 24.2 Å². The van der Waals surface area contributed by atoms with E-state index in [1.54, 1.807) is 25.3 Å². The standard InChI is InChI=1S/C51H64N8O7S.5H2S/c1-9-57-41-20-19-34-25-36(41)37(46(57)35-17-13-21-52-44(35)32(4)64-8)27-51(5,6)30-66-49(62)38-18-14-22-59(55-38)48(61)39(26-43-53-40(34)29-67-43)54-47(60)45(31(2)3)56(7)50(63)58-23-24-65-28-42(58)33-15-11-10-12-16-33;;;;;/h10-13,15-17,19-21,25,29,31-32,38-39,42,45,55H,9,14,18,22-24,26-28,30H2,1-8H3,(H,54,60);5*1H2/t32-,38-,39-,42+,45-;;;;;/m0...../s1. The van der Waals surface area contributed by atoms with Gasteiger partial charge < -0.3 is 33.9 Å². The number of amides is 4. The number of carbonyl (C=O) groups is 4. The third-order valence-corrected chi connectivity index (χ3v) is 14.2. The van der Waals surface area contributed by atoms with Gasteiger partial charge in [0, 0.05) is 79.2 Å². The number of hydrazine groups is 1. The van der Waals surface area contributed by atoms with Crippen molar-refractivity contribution in [1.29, 1.82) is 0 Å². The van der Waals surface area contributed by atoms with Crippen molar-refractivity contribution in [3.05, 3.63) is 94.1 Å². The summed E-state index contributed by atoms with van der Waals surface area (Å²) < 4.78 is 20.1. The number of rotatable bonds is 9. The molecule has 2 aromatic carbocycles. The molecule has 5 atom stereocenters. The summed E-state index contributed by atoms with van der Waals surface area (Å²) in [5, 5.41) is 8.20. The highest BCUT2D eigenvalue weighted by Crippen LogP contribution is 2.42. The number of nitrogens with zero attached hydrogens (tertiary/aromatic N) is 6. The van der Waals surface area contributed by atoms with Crippen molar-refractivity contribution in [1.82, 2.24) is 40.1 Å². The summed E-state index contributed by atoms with van der Waals surface area (Å²) in [6, 6.07) is 16.8. The Morgan fingerprint density at radius 1 is 1.01 bits per heavy atom. The molecule has 3 aromatic heterocycles. The van der Waals surface area contributed by atoms with Gasteiger partial charge in [-0.05, 0) is 74.4 Å². The number of cyclic esters (lactones) is 1. The summed E-state index contributed by atoms with van der Waals surface area (Å²) in [4.78, 5) is 70.8. The van der Waals surface area contributed by atoms with Crippen LogP contribution < -0.4 is 10.7 Å². The van der Waals surface area contributed by atoms with Gasteiger partial charge in [0.1, 0.15) is 18.1 Å². The molecule has 8 rings (SSSR count). The normalized spacial score (nSPS) is 19.7. The van der Waals surface area contributed by atoms with E-state index in [1.807, 2.05) is 62.5 Å². The zero-order chi connectivity index (χ0) is 47.6. The molecule has 3 aliphatic rings.